The fourth-order valence-electron chi connectivity index (χ4n) is 1.87. The van der Waals surface area contributed by atoms with Crippen LogP contribution < -0.4 is 4.74 Å². The molecular weight excluding hydrogens is 200 g/mol. The Morgan fingerprint density at radius 3 is 2.31 bits per heavy atom. The average Bonchev–Trinajstić information content (AvgIpc) is 2.63. The maximum Gasteiger partial charge on any atom is 0.143 e. The highest BCUT2D eigenvalue weighted by Gasteiger charge is 2.09. The van der Waals surface area contributed by atoms with Crippen molar-refractivity contribution in [3.05, 3.63) is 29.2 Å². The van der Waals surface area contributed by atoms with E-state index in [0.717, 1.165) is 28.2 Å². The fourth-order valence-corrected chi connectivity index (χ4v) is 1.87. The number of ether oxygens (including phenoxy) is 1. The van der Waals surface area contributed by atoms with E-state index in [-0.39, 0.29) is 0 Å². The highest BCUT2D eigenvalue weighted by Crippen LogP contribution is 2.25. The Morgan fingerprint density at radius 2 is 1.75 bits per heavy atom. The van der Waals surface area contributed by atoms with Gasteiger partial charge in [-0.2, -0.15) is 0 Å². The van der Waals surface area contributed by atoms with Crippen LogP contribution in [-0.4, -0.2) is 16.5 Å². The molecule has 0 N–H and O–H groups in total. The zero-order valence-corrected chi connectivity index (χ0v) is 11.0. The van der Waals surface area contributed by atoms with Crippen molar-refractivity contribution < 1.29 is 4.74 Å². The second-order valence-corrected chi connectivity index (χ2v) is 3.58. The van der Waals surface area contributed by atoms with Gasteiger partial charge in [0.05, 0.1) is 12.8 Å². The third-order valence-electron chi connectivity index (χ3n) is 2.42. The topological polar surface area (TPSA) is 26.5 Å². The molecule has 0 atom stereocenters. The molecule has 2 aromatic rings. The minimum atomic E-state index is 0.933. The summed E-state index contributed by atoms with van der Waals surface area (Å²) in [5, 5.41) is 0. The van der Waals surface area contributed by atoms with E-state index in [1.807, 2.05) is 51.4 Å². The van der Waals surface area contributed by atoms with Gasteiger partial charge in [0.25, 0.3) is 0 Å². The Labute approximate surface area is 97.1 Å². The molecule has 0 radical (unpaired) electrons. The van der Waals surface area contributed by atoms with Crippen molar-refractivity contribution in [3.63, 3.8) is 0 Å². The molecule has 88 valence electrons. The summed E-state index contributed by atoms with van der Waals surface area (Å²) in [4.78, 5) is 4.45. The van der Waals surface area contributed by atoms with Gasteiger partial charge in [0.1, 0.15) is 11.4 Å². The quantitative estimate of drug-likeness (QED) is 0.737. The molecule has 3 nitrogen and oxygen atoms in total. The van der Waals surface area contributed by atoms with Crippen LogP contribution in [0.15, 0.2) is 12.4 Å². The zero-order chi connectivity index (χ0) is 12.3. The lowest BCUT2D eigenvalue weighted by molar-refractivity contribution is 0.408. The first-order valence-electron chi connectivity index (χ1n) is 5.63. The molecule has 2 rings (SSSR count). The van der Waals surface area contributed by atoms with Gasteiger partial charge in [0.2, 0.25) is 0 Å². The standard InChI is InChI=1S/C11H14N2O.C2H6/c1-7-5-13-6-8(2)12-11(13)9(3)10(7)14-4;1-2/h5-6H,1-4H3;1-2H3. The molecule has 0 aliphatic rings. The van der Waals surface area contributed by atoms with E-state index in [4.69, 9.17) is 4.74 Å². The molecule has 2 heterocycles. The number of aromatic nitrogens is 2. The van der Waals surface area contributed by atoms with Crippen LogP contribution in [0.4, 0.5) is 0 Å². The van der Waals surface area contributed by atoms with Gasteiger partial charge in [0, 0.05) is 23.5 Å². The summed E-state index contributed by atoms with van der Waals surface area (Å²) in [5.74, 6) is 0.933. The molecule has 0 amide bonds. The van der Waals surface area contributed by atoms with Gasteiger partial charge < -0.3 is 9.14 Å². The lowest BCUT2D eigenvalue weighted by atomic mass is 10.2. The number of methoxy groups -OCH3 is 1. The van der Waals surface area contributed by atoms with Crippen LogP contribution in [0.3, 0.4) is 0 Å². The Bertz CT molecular complexity index is 486. The molecule has 2 aromatic heterocycles. The number of imidazole rings is 1. The average molecular weight is 220 g/mol. The Kier molecular flexibility index (Phi) is 3.93. The Balaban J connectivity index is 0.000000606. The van der Waals surface area contributed by atoms with Gasteiger partial charge in [-0.15, -0.1) is 0 Å². The predicted octanol–water partition coefficient (Wildman–Crippen LogP) is 3.29. The molecule has 16 heavy (non-hydrogen) atoms. The lowest BCUT2D eigenvalue weighted by Crippen LogP contribution is -1.96. The van der Waals surface area contributed by atoms with E-state index < -0.39 is 0 Å². The second kappa shape index (κ2) is 5.01. The SMILES string of the molecule is CC.COc1c(C)cn2cc(C)nc2c1C. The third kappa shape index (κ3) is 2.03. The molecule has 0 spiro atoms. The van der Waals surface area contributed by atoms with Crippen molar-refractivity contribution in [1.82, 2.24) is 9.38 Å². The van der Waals surface area contributed by atoms with Crippen LogP contribution in [0.1, 0.15) is 30.7 Å². The van der Waals surface area contributed by atoms with Gasteiger partial charge in [-0.3, -0.25) is 0 Å². The normalized spacial score (nSPS) is 9.88. The zero-order valence-electron chi connectivity index (χ0n) is 11.0. The fraction of sp³-hybridized carbons (Fsp3) is 0.462. The Hall–Kier alpha value is -1.51. The van der Waals surface area contributed by atoms with Crippen molar-refractivity contribution >= 4 is 5.65 Å². The van der Waals surface area contributed by atoms with Gasteiger partial charge in [-0.25, -0.2) is 4.98 Å². The van der Waals surface area contributed by atoms with Crippen molar-refractivity contribution in [1.29, 1.82) is 0 Å². The molecule has 3 heteroatoms. The molecule has 0 saturated heterocycles. The summed E-state index contributed by atoms with van der Waals surface area (Å²) in [6.07, 6.45) is 4.07. The van der Waals surface area contributed by atoms with Gasteiger partial charge in [0.15, 0.2) is 0 Å². The predicted molar refractivity (Wildman–Crippen MR) is 67.3 cm³/mol. The number of hydrogen-bond donors (Lipinski definition) is 0. The smallest absolute Gasteiger partial charge is 0.143 e. The summed E-state index contributed by atoms with van der Waals surface area (Å²) in [7, 11) is 1.70. The third-order valence-corrected chi connectivity index (χ3v) is 2.42. The van der Waals surface area contributed by atoms with Crippen LogP contribution in [0.5, 0.6) is 5.75 Å². The molecule has 0 bridgehead atoms. The van der Waals surface area contributed by atoms with Crippen LogP contribution in [0.25, 0.3) is 5.65 Å². The molecule has 0 saturated carbocycles. The van der Waals surface area contributed by atoms with Gasteiger partial charge >= 0.3 is 0 Å². The largest absolute Gasteiger partial charge is 0.496 e. The van der Waals surface area contributed by atoms with Crippen molar-refractivity contribution in [2.45, 2.75) is 34.6 Å². The van der Waals surface area contributed by atoms with Crippen molar-refractivity contribution in [2.24, 2.45) is 0 Å². The maximum absolute atomic E-state index is 5.34. The maximum atomic E-state index is 5.34. The number of hydrogen-bond acceptors (Lipinski definition) is 2. The lowest BCUT2D eigenvalue weighted by Gasteiger charge is -2.09. The number of rotatable bonds is 1. The minimum Gasteiger partial charge on any atom is -0.496 e. The van der Waals surface area contributed by atoms with E-state index in [0.29, 0.717) is 0 Å². The van der Waals surface area contributed by atoms with Crippen LogP contribution in [0.2, 0.25) is 0 Å². The van der Waals surface area contributed by atoms with E-state index in [1.165, 1.54) is 0 Å². The molecule has 0 aliphatic carbocycles. The Morgan fingerprint density at radius 1 is 1.12 bits per heavy atom. The van der Waals surface area contributed by atoms with E-state index in [9.17, 15) is 0 Å². The molecule has 0 fully saturated rings. The summed E-state index contributed by atoms with van der Waals surface area (Å²) in [6.45, 7) is 10.1. The number of nitrogens with zero attached hydrogens (tertiary/aromatic N) is 2. The highest BCUT2D eigenvalue weighted by molar-refractivity contribution is 5.57. The summed E-state index contributed by atoms with van der Waals surface area (Å²) < 4.78 is 7.38. The summed E-state index contributed by atoms with van der Waals surface area (Å²) in [5.41, 5.74) is 4.24. The van der Waals surface area contributed by atoms with E-state index in [1.54, 1.807) is 7.11 Å². The number of aryl methyl sites for hydroxylation is 3. The van der Waals surface area contributed by atoms with E-state index >= 15 is 0 Å². The van der Waals surface area contributed by atoms with Crippen LogP contribution in [0, 0.1) is 20.8 Å². The van der Waals surface area contributed by atoms with Crippen LogP contribution in [-0.2, 0) is 0 Å². The van der Waals surface area contributed by atoms with E-state index in [2.05, 4.69) is 4.98 Å². The number of fused-ring (bicyclic) bond motifs is 1. The molecule has 0 unspecified atom stereocenters. The minimum absolute atomic E-state index is 0.933. The first-order chi connectivity index (χ1) is 7.63. The number of pyridine rings is 1. The van der Waals surface area contributed by atoms with Crippen molar-refractivity contribution in [3.8, 4) is 5.75 Å². The highest BCUT2D eigenvalue weighted by atomic mass is 16.5. The van der Waals surface area contributed by atoms with Crippen LogP contribution >= 0.6 is 0 Å². The summed E-state index contributed by atoms with van der Waals surface area (Å²) >= 11 is 0. The first kappa shape index (κ1) is 12.6. The summed E-state index contributed by atoms with van der Waals surface area (Å²) in [6, 6.07) is 0. The first-order valence-corrected chi connectivity index (χ1v) is 5.63. The second-order valence-electron chi connectivity index (χ2n) is 3.58. The monoisotopic (exact) mass is 220 g/mol. The van der Waals surface area contributed by atoms with Gasteiger partial charge in [-0.1, -0.05) is 13.8 Å². The molecule has 0 aliphatic heterocycles. The van der Waals surface area contributed by atoms with Crippen molar-refractivity contribution in [2.75, 3.05) is 7.11 Å². The van der Waals surface area contributed by atoms with Gasteiger partial charge in [-0.05, 0) is 20.8 Å². The molecular formula is C13H20N2O. The molecule has 0 aromatic carbocycles.